The van der Waals surface area contributed by atoms with Crippen molar-refractivity contribution in [1.29, 1.82) is 0 Å². The molecule has 254 valence electrons. The van der Waals surface area contributed by atoms with E-state index in [9.17, 15) is 19.8 Å². The van der Waals surface area contributed by atoms with Crippen LogP contribution in [0.1, 0.15) is 32.1 Å². The van der Waals surface area contributed by atoms with Gasteiger partial charge in [0.25, 0.3) is 0 Å². The van der Waals surface area contributed by atoms with Crippen LogP contribution in [0.2, 0.25) is 0 Å². The number of aliphatic hydroxyl groups excluding tert-OH is 2. The molecule has 0 radical (unpaired) electrons. The monoisotopic (exact) mass is 642 g/mol. The Morgan fingerprint density at radius 2 is 1.55 bits per heavy atom. The Hall–Kier alpha value is -1.27. The first-order valence-electron chi connectivity index (χ1n) is 16.8. The summed E-state index contributed by atoms with van der Waals surface area (Å²) in [5, 5.41) is 48.8. The smallest absolute Gasteiger partial charge is 0.315 e. The van der Waals surface area contributed by atoms with Crippen LogP contribution in [-0.2, 0) is 4.79 Å². The number of β-amino-alcohol motifs (C(OH)–C–C–N with tert-alkyl or cyclic N) is 1. The highest BCUT2D eigenvalue weighted by molar-refractivity contribution is 8.00. The maximum Gasteiger partial charge on any atom is 0.315 e. The number of nitrogens with zero attached hydrogens (tertiary/aromatic N) is 2. The molecule has 0 saturated carbocycles. The molecule has 4 fully saturated rings. The highest BCUT2D eigenvalue weighted by atomic mass is 32.2. The molecule has 0 aliphatic carbocycles. The van der Waals surface area contributed by atoms with Crippen molar-refractivity contribution in [3.05, 3.63) is 0 Å². The van der Waals surface area contributed by atoms with Gasteiger partial charge in [-0.05, 0) is 12.8 Å². The first kappa shape index (κ1) is 35.6. The Labute approximate surface area is 267 Å². The lowest BCUT2D eigenvalue weighted by Crippen LogP contribution is -2.54. The Kier molecular flexibility index (Phi) is 16.2. The van der Waals surface area contributed by atoms with E-state index >= 15 is 0 Å². The molecule has 0 aromatic heterocycles. The van der Waals surface area contributed by atoms with Crippen molar-refractivity contribution in [3.8, 4) is 0 Å². The van der Waals surface area contributed by atoms with Crippen molar-refractivity contribution in [2.75, 3.05) is 104 Å². The number of aliphatic hydroxyl groups is 2. The predicted molar refractivity (Wildman–Crippen MR) is 175 cm³/mol. The molecule has 6 unspecified atom stereocenters. The van der Waals surface area contributed by atoms with Gasteiger partial charge in [0, 0.05) is 128 Å². The molecule has 0 aromatic rings. The third-order valence-electron chi connectivity index (χ3n) is 9.05. The first-order chi connectivity index (χ1) is 21.5. The van der Waals surface area contributed by atoms with Gasteiger partial charge in [0.2, 0.25) is 5.91 Å². The minimum absolute atomic E-state index is 0.0205. The van der Waals surface area contributed by atoms with E-state index in [2.05, 4.69) is 52.3 Å². The van der Waals surface area contributed by atoms with Crippen LogP contribution in [0.5, 0.6) is 0 Å². The number of nitrogens with one attached hydrogen (secondary N) is 8. The number of unbranched alkanes of at least 4 members (excludes halogenated alkanes) is 1. The summed E-state index contributed by atoms with van der Waals surface area (Å²) in [7, 11) is 0. The van der Waals surface area contributed by atoms with Crippen molar-refractivity contribution < 1.29 is 19.8 Å². The summed E-state index contributed by atoms with van der Waals surface area (Å²) in [5.41, 5.74) is 0. The lowest BCUT2D eigenvalue weighted by molar-refractivity contribution is -0.121. The molecule has 6 atom stereocenters. The summed E-state index contributed by atoms with van der Waals surface area (Å²) in [6, 6.07) is 0.174. The fraction of sp³-hybridized carbons (Fsp3) is 0.931. The number of amides is 3. The normalized spacial score (nSPS) is 28.1. The Morgan fingerprint density at radius 1 is 0.886 bits per heavy atom. The number of thioether (sulfide) groups is 1. The third-order valence-corrected chi connectivity index (χ3v) is 10.6. The van der Waals surface area contributed by atoms with Crippen LogP contribution >= 0.6 is 11.8 Å². The van der Waals surface area contributed by atoms with Crippen LogP contribution in [0.4, 0.5) is 4.79 Å². The van der Waals surface area contributed by atoms with Gasteiger partial charge in [0.1, 0.15) is 6.23 Å². The van der Waals surface area contributed by atoms with Crippen molar-refractivity contribution in [3.63, 3.8) is 0 Å². The molecule has 10 N–H and O–H groups in total. The fourth-order valence-corrected chi connectivity index (χ4v) is 8.11. The molecular formula is C29H58N10O4S. The van der Waals surface area contributed by atoms with Crippen LogP contribution in [0.25, 0.3) is 0 Å². The van der Waals surface area contributed by atoms with Gasteiger partial charge >= 0.3 is 6.03 Å². The summed E-state index contributed by atoms with van der Waals surface area (Å²) in [4.78, 5) is 28.5. The molecular weight excluding hydrogens is 584 g/mol. The summed E-state index contributed by atoms with van der Waals surface area (Å²) in [5.74, 6) is 0.972. The van der Waals surface area contributed by atoms with Gasteiger partial charge in [0.15, 0.2) is 0 Å². The summed E-state index contributed by atoms with van der Waals surface area (Å²) >= 11 is 1.90. The highest BCUT2D eigenvalue weighted by Gasteiger charge is 2.42. The molecule has 4 rings (SSSR count). The minimum atomic E-state index is -0.794. The zero-order valence-corrected chi connectivity index (χ0v) is 27.1. The van der Waals surface area contributed by atoms with Crippen LogP contribution in [0, 0.1) is 0 Å². The van der Waals surface area contributed by atoms with Crippen molar-refractivity contribution >= 4 is 23.7 Å². The standard InChI is InChI=1S/C29H58N10O4S/c40-24(20-38-15-11-30-5-6-31-12-16-38)23(39-17-13-32-7-8-33-14-18-39)19-27(42)35-10-9-34-26(41)4-2-1-3-25-28-22(21-44-25)36-29(43)37-28/h22-25,27-28,30-33,35,40,42H,1-21H2,(H,34,41)(H2,36,37,43). The van der Waals surface area contributed by atoms with Gasteiger partial charge in [-0.15, -0.1) is 0 Å². The van der Waals surface area contributed by atoms with Gasteiger partial charge in [-0.3, -0.25) is 19.9 Å². The minimum Gasteiger partial charge on any atom is -0.390 e. The zero-order chi connectivity index (χ0) is 31.0. The SMILES string of the molecule is O=C(CCCCC1SCC2NC(=O)NC21)NCCNC(O)CC(C(O)CN1CCNCCNCC1)N1CCNCCNCC1. The van der Waals surface area contributed by atoms with Gasteiger partial charge in [-0.25, -0.2) is 4.79 Å². The number of hydrogen-bond donors (Lipinski definition) is 10. The van der Waals surface area contributed by atoms with E-state index in [1.807, 2.05) is 11.8 Å². The average molecular weight is 643 g/mol. The number of rotatable bonds is 15. The quantitative estimate of drug-likeness (QED) is 0.0494. The lowest BCUT2D eigenvalue weighted by Gasteiger charge is -2.38. The molecule has 0 spiro atoms. The van der Waals surface area contributed by atoms with E-state index in [1.54, 1.807) is 0 Å². The molecule has 15 heteroatoms. The second-order valence-electron chi connectivity index (χ2n) is 12.4. The Balaban J connectivity index is 1.16. The van der Waals surface area contributed by atoms with E-state index in [0.717, 1.165) is 104 Å². The number of fused-ring (bicyclic) bond motifs is 1. The van der Waals surface area contributed by atoms with E-state index in [0.29, 0.717) is 37.7 Å². The van der Waals surface area contributed by atoms with E-state index in [4.69, 9.17) is 0 Å². The van der Waals surface area contributed by atoms with E-state index in [-0.39, 0.29) is 30.1 Å². The summed E-state index contributed by atoms with van der Waals surface area (Å²) in [6.45, 7) is 12.0. The van der Waals surface area contributed by atoms with E-state index in [1.165, 1.54) is 0 Å². The molecule has 4 aliphatic heterocycles. The van der Waals surface area contributed by atoms with Crippen molar-refractivity contribution in [2.45, 2.75) is 67.8 Å². The topological polar surface area (TPSA) is 177 Å². The van der Waals surface area contributed by atoms with Crippen LogP contribution < -0.4 is 42.5 Å². The molecule has 44 heavy (non-hydrogen) atoms. The second kappa shape index (κ2) is 20.1. The van der Waals surface area contributed by atoms with Crippen LogP contribution in [-0.4, -0.2) is 172 Å². The first-order valence-corrected chi connectivity index (χ1v) is 17.9. The maximum absolute atomic E-state index is 12.4. The number of hydrogen-bond acceptors (Lipinski definition) is 12. The van der Waals surface area contributed by atoms with Gasteiger partial charge in [-0.2, -0.15) is 11.8 Å². The zero-order valence-electron chi connectivity index (χ0n) is 26.3. The maximum atomic E-state index is 12.4. The van der Waals surface area contributed by atoms with Crippen molar-refractivity contribution in [2.24, 2.45) is 0 Å². The third kappa shape index (κ3) is 12.5. The largest absolute Gasteiger partial charge is 0.390 e. The van der Waals surface area contributed by atoms with E-state index < -0.39 is 12.3 Å². The molecule has 4 heterocycles. The van der Waals surface area contributed by atoms with Crippen molar-refractivity contribution in [1.82, 2.24) is 52.3 Å². The van der Waals surface area contributed by atoms with Gasteiger partial charge in [0.05, 0.1) is 18.2 Å². The van der Waals surface area contributed by atoms with Gasteiger partial charge in [-0.1, -0.05) is 6.42 Å². The molecule has 4 saturated heterocycles. The van der Waals surface area contributed by atoms with Gasteiger partial charge < -0.3 is 47.4 Å². The Morgan fingerprint density at radius 3 is 2.23 bits per heavy atom. The number of urea groups is 1. The second-order valence-corrected chi connectivity index (χ2v) is 13.7. The number of carbonyl (C=O) groups excluding carboxylic acids is 2. The summed E-state index contributed by atoms with van der Waals surface area (Å²) < 4.78 is 0. The molecule has 14 nitrogen and oxygen atoms in total. The average Bonchev–Trinajstić information content (AvgIpc) is 3.62. The summed E-state index contributed by atoms with van der Waals surface area (Å²) in [6.07, 6.45) is 2.24. The lowest BCUT2D eigenvalue weighted by atomic mass is 10.0. The number of carbonyl (C=O) groups is 2. The fourth-order valence-electron chi connectivity index (χ4n) is 6.56. The Bertz CT molecular complexity index is 828. The molecule has 0 bridgehead atoms. The predicted octanol–water partition coefficient (Wildman–Crippen LogP) is -3.15. The van der Waals surface area contributed by atoms with Crippen LogP contribution in [0.3, 0.4) is 0 Å². The molecule has 0 aromatic carbocycles. The molecule has 4 aliphatic rings. The molecule has 3 amide bonds. The van der Waals surface area contributed by atoms with Crippen LogP contribution in [0.15, 0.2) is 0 Å². The highest BCUT2D eigenvalue weighted by Crippen LogP contribution is 2.33.